The predicted molar refractivity (Wildman–Crippen MR) is 148 cm³/mol. The molecule has 38 heavy (non-hydrogen) atoms. The number of hydrogen-bond acceptors (Lipinski definition) is 3. The first kappa shape index (κ1) is 29.8. The van der Waals surface area contributed by atoms with Crippen LogP contribution in [0.4, 0.5) is 18.0 Å². The van der Waals surface area contributed by atoms with Crippen molar-refractivity contribution in [2.45, 2.75) is 58.7 Å². The summed E-state index contributed by atoms with van der Waals surface area (Å²) in [5.74, 6) is 0. The van der Waals surface area contributed by atoms with Gasteiger partial charge in [-0.15, -0.1) is 0 Å². The van der Waals surface area contributed by atoms with E-state index in [1.165, 1.54) is 6.07 Å². The van der Waals surface area contributed by atoms with Gasteiger partial charge in [0.1, 0.15) is 5.60 Å². The zero-order valence-electron chi connectivity index (χ0n) is 22.1. The first-order chi connectivity index (χ1) is 17.7. The molecule has 1 N–H and O–H groups in total. The lowest BCUT2D eigenvalue weighted by Gasteiger charge is -2.19. The largest absolute Gasteiger partial charge is 0.444 e. The molecule has 0 aliphatic rings. The maximum absolute atomic E-state index is 13.3. The van der Waals surface area contributed by atoms with Gasteiger partial charge in [-0.1, -0.05) is 29.3 Å². The van der Waals surface area contributed by atoms with E-state index in [1.54, 1.807) is 36.9 Å². The van der Waals surface area contributed by atoms with Crippen molar-refractivity contribution in [3.8, 4) is 0 Å². The number of alkyl carbamates (subject to hydrolysis) is 1. The van der Waals surface area contributed by atoms with Crippen molar-refractivity contribution in [2.75, 3.05) is 13.1 Å². The molecule has 1 amide bonds. The quantitative estimate of drug-likeness (QED) is 0.220. The molecule has 0 aliphatic carbocycles. The molecule has 0 aliphatic heterocycles. The Morgan fingerprint density at radius 1 is 1.13 bits per heavy atom. The van der Waals surface area contributed by atoms with Gasteiger partial charge in [-0.05, 0) is 75.9 Å². The van der Waals surface area contributed by atoms with E-state index in [2.05, 4.69) is 10.3 Å². The Bertz CT molecular complexity index is 1340. The molecule has 0 bridgehead atoms. The highest BCUT2D eigenvalue weighted by atomic mass is 35.5. The summed E-state index contributed by atoms with van der Waals surface area (Å²) < 4.78 is 46.9. The van der Waals surface area contributed by atoms with Crippen molar-refractivity contribution in [3.63, 3.8) is 0 Å². The zero-order valence-corrected chi connectivity index (χ0v) is 23.6. The SMILES string of the molecule is Cc1cc(C(F)(F)F)cc2c1cc(Cc1c(Cl)ccc(/C=N\CCCCNC(=O)OC(C)(C)C)c1Cl)n2C. The molecule has 0 atom stereocenters. The van der Waals surface area contributed by atoms with Crippen LogP contribution in [-0.2, 0) is 24.4 Å². The molecule has 3 rings (SSSR count). The average Bonchev–Trinajstić information content (AvgIpc) is 3.11. The van der Waals surface area contributed by atoms with Crippen LogP contribution in [0.15, 0.2) is 35.3 Å². The second kappa shape index (κ2) is 12.0. The maximum Gasteiger partial charge on any atom is 0.416 e. The molecule has 3 aromatic rings. The number of nitrogens with zero attached hydrogens (tertiary/aromatic N) is 2. The molecule has 2 aromatic carbocycles. The van der Waals surface area contributed by atoms with Crippen molar-refractivity contribution in [3.05, 3.63) is 68.3 Å². The Morgan fingerprint density at radius 2 is 1.84 bits per heavy atom. The Labute approximate surface area is 231 Å². The fraction of sp³-hybridized carbons (Fsp3) is 0.429. The first-order valence-electron chi connectivity index (χ1n) is 12.3. The summed E-state index contributed by atoms with van der Waals surface area (Å²) in [6.45, 7) is 8.14. The summed E-state index contributed by atoms with van der Waals surface area (Å²) in [6.07, 6.45) is -1.32. The van der Waals surface area contributed by atoms with Gasteiger partial charge in [0, 0.05) is 60.0 Å². The van der Waals surface area contributed by atoms with E-state index < -0.39 is 23.4 Å². The second-order valence-electron chi connectivity index (χ2n) is 10.2. The van der Waals surface area contributed by atoms with Crippen LogP contribution in [0.25, 0.3) is 10.9 Å². The number of rotatable bonds is 8. The first-order valence-corrected chi connectivity index (χ1v) is 13.0. The monoisotopic (exact) mass is 569 g/mol. The van der Waals surface area contributed by atoms with E-state index in [1.807, 2.05) is 26.8 Å². The van der Waals surface area contributed by atoms with Crippen LogP contribution in [0.1, 0.15) is 61.6 Å². The summed E-state index contributed by atoms with van der Waals surface area (Å²) in [6, 6.07) is 7.73. The molecule has 0 unspecified atom stereocenters. The van der Waals surface area contributed by atoms with Gasteiger partial charge in [0.2, 0.25) is 0 Å². The predicted octanol–water partition coefficient (Wildman–Crippen LogP) is 8.13. The Morgan fingerprint density at radius 3 is 2.50 bits per heavy atom. The van der Waals surface area contributed by atoms with Crippen LogP contribution in [0, 0.1) is 6.92 Å². The third kappa shape index (κ3) is 7.67. The molecule has 0 spiro atoms. The number of carbonyl (C=O) groups excluding carboxylic acids is 1. The van der Waals surface area contributed by atoms with E-state index in [-0.39, 0.29) is 0 Å². The molecule has 0 saturated carbocycles. The number of amides is 1. The van der Waals surface area contributed by atoms with Gasteiger partial charge in [-0.3, -0.25) is 4.99 Å². The van der Waals surface area contributed by atoms with Gasteiger partial charge in [0.25, 0.3) is 0 Å². The van der Waals surface area contributed by atoms with E-state index in [9.17, 15) is 18.0 Å². The summed E-state index contributed by atoms with van der Waals surface area (Å²) in [5, 5.41) is 4.39. The van der Waals surface area contributed by atoms with E-state index >= 15 is 0 Å². The third-order valence-electron chi connectivity index (χ3n) is 5.98. The van der Waals surface area contributed by atoms with E-state index in [0.717, 1.165) is 30.0 Å². The highest BCUT2D eigenvalue weighted by Crippen LogP contribution is 2.36. The smallest absolute Gasteiger partial charge is 0.416 e. The number of benzene rings is 2. The number of aromatic nitrogens is 1. The number of aliphatic imine (C=N–C) groups is 1. The summed E-state index contributed by atoms with van der Waals surface area (Å²) >= 11 is 13.2. The number of ether oxygens (including phenoxy) is 1. The highest BCUT2D eigenvalue weighted by molar-refractivity contribution is 6.37. The standard InChI is InChI=1S/C28H32Cl2F3N3O2/c1-17-12-19(28(31,32)33)13-24-21(17)14-20(36(24)5)15-22-23(29)9-8-18(25(22)30)16-34-10-6-7-11-35-26(37)38-27(2,3)4/h8-9,12-14,16H,6-7,10-11,15H2,1-5H3,(H,35,37)/b34-16-. The average molecular weight is 570 g/mol. The third-order valence-corrected chi connectivity index (χ3v) is 6.78. The molecule has 0 radical (unpaired) electrons. The number of aryl methyl sites for hydroxylation is 2. The number of nitrogens with one attached hydrogen (secondary N) is 1. The lowest BCUT2D eigenvalue weighted by atomic mass is 10.0. The molecule has 10 heteroatoms. The maximum atomic E-state index is 13.3. The minimum absolute atomic E-state index is 0.349. The number of hydrogen-bond donors (Lipinski definition) is 1. The topological polar surface area (TPSA) is 55.6 Å². The zero-order chi connectivity index (χ0) is 28.3. The second-order valence-corrected chi connectivity index (χ2v) is 11.0. The number of fused-ring (bicyclic) bond motifs is 1. The van der Waals surface area contributed by atoms with Gasteiger partial charge in [0.15, 0.2) is 0 Å². The van der Waals surface area contributed by atoms with Crippen molar-refractivity contribution in [2.24, 2.45) is 12.0 Å². The van der Waals surface area contributed by atoms with Gasteiger partial charge < -0.3 is 14.6 Å². The van der Waals surface area contributed by atoms with Gasteiger partial charge in [-0.2, -0.15) is 13.2 Å². The summed E-state index contributed by atoms with van der Waals surface area (Å²) in [4.78, 5) is 16.1. The highest BCUT2D eigenvalue weighted by Gasteiger charge is 2.31. The summed E-state index contributed by atoms with van der Waals surface area (Å²) in [5.41, 5.74) is 2.01. The van der Waals surface area contributed by atoms with Crippen LogP contribution in [0.5, 0.6) is 0 Å². The van der Waals surface area contributed by atoms with Gasteiger partial charge in [0.05, 0.1) is 10.6 Å². The minimum Gasteiger partial charge on any atom is -0.444 e. The van der Waals surface area contributed by atoms with Crippen molar-refractivity contribution >= 4 is 46.4 Å². The fourth-order valence-electron chi connectivity index (χ4n) is 4.05. The Balaban J connectivity index is 1.68. The van der Waals surface area contributed by atoms with Crippen molar-refractivity contribution in [1.29, 1.82) is 0 Å². The molecule has 1 aromatic heterocycles. The molecule has 0 fully saturated rings. The lowest BCUT2D eigenvalue weighted by Crippen LogP contribution is -2.33. The number of unbranched alkanes of at least 4 members (excludes halogenated alkanes) is 1. The van der Waals surface area contributed by atoms with E-state index in [0.29, 0.717) is 51.8 Å². The fourth-order valence-corrected chi connectivity index (χ4v) is 4.60. The molecular formula is C28H32Cl2F3N3O2. The number of alkyl halides is 3. The Kier molecular flexibility index (Phi) is 9.42. The van der Waals surface area contributed by atoms with Gasteiger partial charge >= 0.3 is 12.3 Å². The molecule has 206 valence electrons. The molecule has 0 saturated heterocycles. The van der Waals surface area contributed by atoms with E-state index in [4.69, 9.17) is 27.9 Å². The molecule has 1 heterocycles. The molecular weight excluding hydrogens is 538 g/mol. The summed E-state index contributed by atoms with van der Waals surface area (Å²) in [7, 11) is 1.74. The lowest BCUT2D eigenvalue weighted by molar-refractivity contribution is -0.137. The molecule has 5 nitrogen and oxygen atoms in total. The van der Waals surface area contributed by atoms with Crippen molar-refractivity contribution < 1.29 is 22.7 Å². The van der Waals surface area contributed by atoms with Crippen LogP contribution in [-0.4, -0.2) is 35.6 Å². The minimum atomic E-state index is -4.42. The Hall–Kier alpha value is -2.71. The van der Waals surface area contributed by atoms with Crippen LogP contribution in [0.3, 0.4) is 0 Å². The van der Waals surface area contributed by atoms with Crippen molar-refractivity contribution in [1.82, 2.24) is 9.88 Å². The van der Waals surface area contributed by atoms with Crippen LogP contribution < -0.4 is 5.32 Å². The van der Waals surface area contributed by atoms with Crippen LogP contribution >= 0.6 is 23.2 Å². The number of carbonyl (C=O) groups is 1. The number of halogens is 5. The normalized spacial score (nSPS) is 12.5. The van der Waals surface area contributed by atoms with Crippen LogP contribution in [0.2, 0.25) is 10.0 Å². The van der Waals surface area contributed by atoms with Gasteiger partial charge in [-0.25, -0.2) is 4.79 Å².